The van der Waals surface area contributed by atoms with Crippen molar-refractivity contribution < 1.29 is 38.0 Å². The molecule has 2 heterocycles. The Labute approximate surface area is 162 Å². The van der Waals surface area contributed by atoms with Crippen molar-refractivity contribution in [3.05, 3.63) is 6.57 Å². The van der Waals surface area contributed by atoms with Gasteiger partial charge in [0.15, 0.2) is 0 Å². The van der Waals surface area contributed by atoms with E-state index in [0.717, 1.165) is 25.9 Å². The van der Waals surface area contributed by atoms with Gasteiger partial charge in [-0.05, 0) is 45.2 Å². The molecule has 0 atom stereocenters. The van der Waals surface area contributed by atoms with Crippen molar-refractivity contribution in [2.24, 2.45) is 0 Å². The van der Waals surface area contributed by atoms with Gasteiger partial charge in [0.2, 0.25) is 10.0 Å². The summed E-state index contributed by atoms with van der Waals surface area (Å²) >= 11 is 0. The van der Waals surface area contributed by atoms with E-state index in [2.05, 4.69) is 11.0 Å². The maximum Gasteiger partial charge on any atom is 1.00 e. The van der Waals surface area contributed by atoms with Crippen LogP contribution in [-0.4, -0.2) is 55.1 Å². The summed E-state index contributed by atoms with van der Waals surface area (Å²) in [5.74, 6) is 0.219. The van der Waals surface area contributed by atoms with Crippen molar-refractivity contribution >= 4 is 10.0 Å². The van der Waals surface area contributed by atoms with Crippen LogP contribution in [0.1, 0.15) is 45.4 Å². The number of piperidine rings is 2. The maximum atomic E-state index is 12.1. The van der Waals surface area contributed by atoms with E-state index >= 15 is 0 Å². The standard InChI is InChI=1S/C14H25N3O2S.CN.Na/c1-2-12-20(18,19)17-10-6-14(13-15,7-11-17)16-8-4-3-5-9-16;1-2;/h2-12H2,1H3;;/q;-1;+1. The first-order chi connectivity index (χ1) is 10.5. The molecule has 2 fully saturated rings. The average Bonchev–Trinajstić information content (AvgIpc) is 2.57. The molecule has 0 aromatic carbocycles. The van der Waals surface area contributed by atoms with Gasteiger partial charge in [-0.2, -0.15) is 5.26 Å². The molecule has 0 aromatic heterocycles. The van der Waals surface area contributed by atoms with E-state index in [1.165, 1.54) is 6.42 Å². The topological polar surface area (TPSA) is 88.2 Å². The quantitative estimate of drug-likeness (QED) is 0.464. The summed E-state index contributed by atoms with van der Waals surface area (Å²) in [7, 11) is -3.12. The van der Waals surface area contributed by atoms with Crippen molar-refractivity contribution in [1.29, 1.82) is 10.5 Å². The Bertz CT molecular complexity index is 501. The molecular formula is C15H25N4NaO2S. The van der Waals surface area contributed by atoms with Gasteiger partial charge in [-0.1, -0.05) is 13.3 Å². The van der Waals surface area contributed by atoms with Crippen molar-refractivity contribution in [2.75, 3.05) is 31.9 Å². The Hall–Kier alpha value is -0.150. The fourth-order valence-corrected chi connectivity index (χ4v) is 4.86. The van der Waals surface area contributed by atoms with E-state index in [-0.39, 0.29) is 35.3 Å². The van der Waals surface area contributed by atoms with Crippen molar-refractivity contribution in [2.45, 2.75) is 51.0 Å². The molecule has 0 aromatic rings. The van der Waals surface area contributed by atoms with Gasteiger partial charge in [0.1, 0.15) is 5.54 Å². The smallest absolute Gasteiger partial charge is 0.512 e. The van der Waals surface area contributed by atoms with E-state index < -0.39 is 15.6 Å². The van der Waals surface area contributed by atoms with Crippen molar-refractivity contribution in [3.8, 4) is 6.07 Å². The second kappa shape index (κ2) is 10.7. The second-order valence-electron chi connectivity index (χ2n) is 5.91. The van der Waals surface area contributed by atoms with E-state index in [1.807, 2.05) is 6.92 Å². The molecule has 0 saturated carbocycles. The van der Waals surface area contributed by atoms with E-state index in [1.54, 1.807) is 4.31 Å². The molecule has 8 heteroatoms. The van der Waals surface area contributed by atoms with Crippen LogP contribution in [0.2, 0.25) is 0 Å². The molecule has 0 bridgehead atoms. The Morgan fingerprint density at radius 1 is 1.09 bits per heavy atom. The fraction of sp³-hybridized carbons (Fsp3) is 0.867. The Balaban J connectivity index is 0.00000155. The molecule has 2 aliphatic rings. The third-order valence-corrected chi connectivity index (χ3v) is 6.65. The van der Waals surface area contributed by atoms with Gasteiger partial charge in [0.05, 0.1) is 11.8 Å². The molecule has 0 unspecified atom stereocenters. The molecule has 0 N–H and O–H groups in total. The van der Waals surface area contributed by atoms with Gasteiger partial charge in [0.25, 0.3) is 0 Å². The van der Waals surface area contributed by atoms with Crippen LogP contribution in [0.4, 0.5) is 0 Å². The molecule has 2 saturated heterocycles. The number of likely N-dealkylation sites (tertiary alicyclic amines) is 1. The van der Waals surface area contributed by atoms with Crippen molar-refractivity contribution in [1.82, 2.24) is 9.21 Å². The minimum Gasteiger partial charge on any atom is -0.512 e. The summed E-state index contributed by atoms with van der Waals surface area (Å²) in [5.41, 5.74) is -0.432. The summed E-state index contributed by atoms with van der Waals surface area (Å²) < 4.78 is 25.8. The van der Waals surface area contributed by atoms with Crippen LogP contribution in [-0.2, 0) is 10.0 Å². The number of hydrogen-bond acceptors (Lipinski definition) is 5. The molecule has 2 rings (SSSR count). The molecule has 0 amide bonds. The van der Waals surface area contributed by atoms with Crippen LogP contribution >= 0.6 is 0 Å². The number of sulfonamides is 1. The maximum absolute atomic E-state index is 12.1. The minimum absolute atomic E-state index is 0. The zero-order valence-electron chi connectivity index (χ0n) is 14.3. The summed E-state index contributed by atoms with van der Waals surface area (Å²) in [6, 6.07) is 2.50. The van der Waals surface area contributed by atoms with Crippen LogP contribution in [0.5, 0.6) is 0 Å². The largest absolute Gasteiger partial charge is 1.00 e. The molecule has 6 nitrogen and oxygen atoms in total. The second-order valence-corrected chi connectivity index (χ2v) is 7.99. The Morgan fingerprint density at radius 2 is 1.61 bits per heavy atom. The van der Waals surface area contributed by atoms with Crippen LogP contribution in [0.25, 0.3) is 0 Å². The normalized spacial score (nSPS) is 22.0. The summed E-state index contributed by atoms with van der Waals surface area (Å²) in [5, 5.41) is 15.9. The molecular weight excluding hydrogens is 323 g/mol. The van der Waals surface area contributed by atoms with Crippen LogP contribution < -0.4 is 29.6 Å². The molecule has 0 radical (unpaired) electrons. The summed E-state index contributed by atoms with van der Waals surface area (Å²) in [4.78, 5) is 2.29. The number of rotatable bonds is 4. The van der Waals surface area contributed by atoms with Gasteiger partial charge in [-0.25, -0.2) is 12.7 Å². The van der Waals surface area contributed by atoms with Gasteiger partial charge in [-0.3, -0.25) is 4.90 Å². The van der Waals surface area contributed by atoms with Gasteiger partial charge < -0.3 is 11.8 Å². The molecule has 0 spiro atoms. The average molecular weight is 348 g/mol. The van der Waals surface area contributed by atoms with Crippen LogP contribution in [0.15, 0.2) is 0 Å². The molecule has 0 aliphatic carbocycles. The third-order valence-electron chi connectivity index (χ3n) is 4.57. The predicted molar refractivity (Wildman–Crippen MR) is 83.6 cm³/mol. The minimum atomic E-state index is -3.12. The molecule has 2 aliphatic heterocycles. The van der Waals surface area contributed by atoms with E-state index in [4.69, 9.17) is 11.8 Å². The Kier molecular flexibility index (Phi) is 10.6. The number of nitrogens with zero attached hydrogens (tertiary/aromatic N) is 4. The van der Waals surface area contributed by atoms with E-state index in [9.17, 15) is 13.7 Å². The van der Waals surface area contributed by atoms with Gasteiger partial charge >= 0.3 is 29.6 Å². The number of hydrogen-bond donors (Lipinski definition) is 0. The zero-order valence-corrected chi connectivity index (χ0v) is 17.1. The first kappa shape index (κ1) is 22.9. The predicted octanol–water partition coefficient (Wildman–Crippen LogP) is -1.33. The fourth-order valence-electron chi connectivity index (χ4n) is 3.34. The first-order valence-corrected chi connectivity index (χ1v) is 9.51. The molecule has 124 valence electrons. The summed E-state index contributed by atoms with van der Waals surface area (Å²) in [6.07, 6.45) is 5.49. The first-order valence-electron chi connectivity index (χ1n) is 7.90. The van der Waals surface area contributed by atoms with E-state index in [0.29, 0.717) is 32.4 Å². The zero-order chi connectivity index (χ0) is 16.6. The summed E-state index contributed by atoms with van der Waals surface area (Å²) in [6.45, 7) is 9.58. The van der Waals surface area contributed by atoms with Crippen LogP contribution in [0, 0.1) is 23.2 Å². The van der Waals surface area contributed by atoms with Gasteiger partial charge in [-0.15, -0.1) is 0 Å². The Morgan fingerprint density at radius 3 is 2.04 bits per heavy atom. The third kappa shape index (κ3) is 5.70. The molecule has 23 heavy (non-hydrogen) atoms. The monoisotopic (exact) mass is 348 g/mol. The number of nitriles is 1. The SMILES string of the molecule is CCCS(=O)(=O)N1CCC(C#N)(N2CCCCC2)CC1.[C-]#N.[Na+]. The van der Waals surface area contributed by atoms with Gasteiger partial charge in [0, 0.05) is 13.1 Å². The van der Waals surface area contributed by atoms with Crippen molar-refractivity contribution in [3.63, 3.8) is 0 Å². The van der Waals surface area contributed by atoms with Crippen LogP contribution in [0.3, 0.4) is 0 Å².